The quantitative estimate of drug-likeness (QED) is 0.509. The van der Waals surface area contributed by atoms with Gasteiger partial charge in [-0.3, -0.25) is 4.79 Å². The Bertz CT molecular complexity index is 500. The van der Waals surface area contributed by atoms with Crippen LogP contribution in [-0.2, 0) is 25.4 Å². The fourth-order valence-electron chi connectivity index (χ4n) is 1.99. The van der Waals surface area contributed by atoms with E-state index in [1.54, 1.807) is 6.07 Å². The van der Waals surface area contributed by atoms with Crippen molar-refractivity contribution in [2.75, 3.05) is 5.73 Å². The van der Waals surface area contributed by atoms with E-state index in [1.165, 1.54) is 0 Å². The Morgan fingerprint density at radius 1 is 1.25 bits per heavy atom. The van der Waals surface area contributed by atoms with E-state index in [0.29, 0.717) is 12.2 Å². The van der Waals surface area contributed by atoms with Crippen molar-refractivity contribution in [3.63, 3.8) is 0 Å². The SMILES string of the molecule is CC1(C)OB(c2ccc(COC=O)c(N)c2)OC1(C)C. The maximum absolute atomic E-state index is 10.2. The van der Waals surface area contributed by atoms with Gasteiger partial charge in [0.25, 0.3) is 6.47 Å². The lowest BCUT2D eigenvalue weighted by Gasteiger charge is -2.32. The molecule has 0 radical (unpaired) electrons. The first-order valence-electron chi connectivity index (χ1n) is 6.56. The number of carbonyl (C=O) groups excluding carboxylic acids is 1. The van der Waals surface area contributed by atoms with Gasteiger partial charge in [0.2, 0.25) is 0 Å². The van der Waals surface area contributed by atoms with Crippen LogP contribution in [0.1, 0.15) is 33.3 Å². The third kappa shape index (κ3) is 2.67. The molecule has 0 unspecified atom stereocenters. The minimum atomic E-state index is -0.441. The molecule has 20 heavy (non-hydrogen) atoms. The molecule has 0 bridgehead atoms. The Hall–Kier alpha value is -1.53. The second-order valence-electron chi connectivity index (χ2n) is 5.95. The summed E-state index contributed by atoms with van der Waals surface area (Å²) >= 11 is 0. The molecule has 2 N–H and O–H groups in total. The van der Waals surface area contributed by atoms with Gasteiger partial charge < -0.3 is 19.8 Å². The van der Waals surface area contributed by atoms with Crippen LogP contribution in [0.15, 0.2) is 18.2 Å². The predicted molar refractivity (Wildman–Crippen MR) is 77.4 cm³/mol. The van der Waals surface area contributed by atoms with Crippen molar-refractivity contribution in [3.05, 3.63) is 23.8 Å². The highest BCUT2D eigenvalue weighted by atomic mass is 16.7. The second kappa shape index (κ2) is 5.11. The zero-order chi connectivity index (χ0) is 15.0. The highest BCUT2D eigenvalue weighted by Gasteiger charge is 2.51. The van der Waals surface area contributed by atoms with Crippen LogP contribution in [0.5, 0.6) is 0 Å². The number of anilines is 1. The number of hydrogen-bond acceptors (Lipinski definition) is 5. The van der Waals surface area contributed by atoms with Gasteiger partial charge in [0.15, 0.2) is 0 Å². The molecular formula is C14H20BNO4. The Kier molecular flexibility index (Phi) is 3.80. The van der Waals surface area contributed by atoms with Gasteiger partial charge in [-0.05, 0) is 39.2 Å². The number of rotatable bonds is 4. The van der Waals surface area contributed by atoms with Gasteiger partial charge in [-0.1, -0.05) is 12.1 Å². The summed E-state index contributed by atoms with van der Waals surface area (Å²) in [5, 5.41) is 0. The molecule has 0 aliphatic carbocycles. The van der Waals surface area contributed by atoms with Gasteiger partial charge >= 0.3 is 7.12 Å². The molecule has 1 fully saturated rings. The molecule has 6 heteroatoms. The van der Waals surface area contributed by atoms with Crippen molar-refractivity contribution >= 4 is 24.7 Å². The van der Waals surface area contributed by atoms with E-state index in [2.05, 4.69) is 0 Å². The summed E-state index contributed by atoms with van der Waals surface area (Å²) in [4.78, 5) is 10.2. The van der Waals surface area contributed by atoms with Crippen LogP contribution in [0.2, 0.25) is 0 Å². The maximum atomic E-state index is 10.2. The lowest BCUT2D eigenvalue weighted by molar-refractivity contribution is -0.129. The maximum Gasteiger partial charge on any atom is 0.494 e. The fraction of sp³-hybridized carbons (Fsp3) is 0.500. The topological polar surface area (TPSA) is 70.8 Å². The Morgan fingerprint density at radius 2 is 1.85 bits per heavy atom. The molecule has 0 atom stereocenters. The van der Waals surface area contributed by atoms with Gasteiger partial charge in [-0.2, -0.15) is 0 Å². The molecule has 0 spiro atoms. The minimum Gasteiger partial charge on any atom is -0.463 e. The summed E-state index contributed by atoms with van der Waals surface area (Å²) in [5.74, 6) is 0. The van der Waals surface area contributed by atoms with Gasteiger partial charge in [-0.25, -0.2) is 0 Å². The summed E-state index contributed by atoms with van der Waals surface area (Å²) in [6.45, 7) is 8.58. The average Bonchev–Trinajstić information content (AvgIpc) is 2.57. The third-order valence-corrected chi connectivity index (χ3v) is 4.00. The van der Waals surface area contributed by atoms with Crippen molar-refractivity contribution in [2.24, 2.45) is 0 Å². The monoisotopic (exact) mass is 277 g/mol. The van der Waals surface area contributed by atoms with E-state index < -0.39 is 7.12 Å². The molecule has 1 aromatic rings. The second-order valence-corrected chi connectivity index (χ2v) is 5.95. The molecule has 0 aromatic heterocycles. The van der Waals surface area contributed by atoms with Crippen LogP contribution in [0.3, 0.4) is 0 Å². The molecule has 0 amide bonds. The molecule has 2 rings (SSSR count). The number of hydrogen-bond donors (Lipinski definition) is 1. The van der Waals surface area contributed by atoms with Crippen molar-refractivity contribution in [3.8, 4) is 0 Å². The number of nitrogen functional groups attached to an aromatic ring is 1. The van der Waals surface area contributed by atoms with Gasteiger partial charge in [-0.15, -0.1) is 0 Å². The van der Waals surface area contributed by atoms with E-state index in [4.69, 9.17) is 19.8 Å². The van der Waals surface area contributed by atoms with Crippen molar-refractivity contribution in [1.29, 1.82) is 0 Å². The number of benzene rings is 1. The Morgan fingerprint density at radius 3 is 2.35 bits per heavy atom. The first-order valence-corrected chi connectivity index (χ1v) is 6.56. The first-order chi connectivity index (χ1) is 9.27. The van der Waals surface area contributed by atoms with Crippen LogP contribution in [-0.4, -0.2) is 24.8 Å². The van der Waals surface area contributed by atoms with Crippen molar-refractivity contribution in [1.82, 2.24) is 0 Å². The summed E-state index contributed by atoms with van der Waals surface area (Å²) < 4.78 is 16.6. The molecule has 108 valence electrons. The first kappa shape index (κ1) is 14.9. The van der Waals surface area contributed by atoms with Crippen LogP contribution in [0.4, 0.5) is 5.69 Å². The fourth-order valence-corrected chi connectivity index (χ4v) is 1.99. The van der Waals surface area contributed by atoms with Gasteiger partial charge in [0, 0.05) is 11.3 Å². The summed E-state index contributed by atoms with van der Waals surface area (Å²) in [5.41, 5.74) is 7.37. The number of nitrogens with two attached hydrogens (primary N) is 1. The Balaban J connectivity index is 2.19. The van der Waals surface area contributed by atoms with Gasteiger partial charge in [0.05, 0.1) is 11.2 Å². The zero-order valence-corrected chi connectivity index (χ0v) is 12.3. The highest BCUT2D eigenvalue weighted by molar-refractivity contribution is 6.62. The molecular weight excluding hydrogens is 257 g/mol. The van der Waals surface area contributed by atoms with E-state index in [-0.39, 0.29) is 17.8 Å². The molecule has 1 aliphatic heterocycles. The van der Waals surface area contributed by atoms with Crippen molar-refractivity contribution in [2.45, 2.75) is 45.5 Å². The van der Waals surface area contributed by atoms with E-state index in [1.807, 2.05) is 39.8 Å². The van der Waals surface area contributed by atoms with E-state index in [0.717, 1.165) is 11.0 Å². The average molecular weight is 277 g/mol. The lowest BCUT2D eigenvalue weighted by Crippen LogP contribution is -2.41. The van der Waals surface area contributed by atoms with Crippen LogP contribution in [0, 0.1) is 0 Å². The molecule has 5 nitrogen and oxygen atoms in total. The predicted octanol–water partition coefficient (Wildman–Crippen LogP) is 1.24. The molecule has 1 saturated heterocycles. The number of carbonyl (C=O) groups is 1. The molecule has 1 heterocycles. The van der Waals surface area contributed by atoms with Crippen LogP contribution in [0.25, 0.3) is 0 Å². The zero-order valence-electron chi connectivity index (χ0n) is 12.3. The van der Waals surface area contributed by atoms with Crippen molar-refractivity contribution < 1.29 is 18.8 Å². The van der Waals surface area contributed by atoms with Crippen LogP contribution < -0.4 is 11.2 Å². The largest absolute Gasteiger partial charge is 0.494 e. The minimum absolute atomic E-state index is 0.166. The van der Waals surface area contributed by atoms with E-state index >= 15 is 0 Å². The normalized spacial score (nSPS) is 19.9. The molecule has 1 aromatic carbocycles. The molecule has 0 saturated carbocycles. The summed E-state index contributed by atoms with van der Waals surface area (Å²) in [6.07, 6.45) is 0. The highest BCUT2D eigenvalue weighted by Crippen LogP contribution is 2.36. The smallest absolute Gasteiger partial charge is 0.463 e. The standard InChI is InChI=1S/C14H20BNO4/c1-13(2)14(3,4)20-15(19-13)11-6-5-10(8-18-9-17)12(16)7-11/h5-7,9H,8,16H2,1-4H3. The van der Waals surface area contributed by atoms with Gasteiger partial charge in [0.1, 0.15) is 6.61 Å². The van der Waals surface area contributed by atoms with Crippen LogP contribution >= 0.6 is 0 Å². The third-order valence-electron chi connectivity index (χ3n) is 4.00. The van der Waals surface area contributed by atoms with E-state index in [9.17, 15) is 4.79 Å². The summed E-state index contributed by atoms with van der Waals surface area (Å²) in [7, 11) is -0.441. The lowest BCUT2D eigenvalue weighted by atomic mass is 9.78. The summed E-state index contributed by atoms with van der Waals surface area (Å²) in [6, 6.07) is 5.49. The number of ether oxygens (including phenoxy) is 1. The Labute approximate surface area is 119 Å². The molecule has 1 aliphatic rings.